The van der Waals surface area contributed by atoms with Gasteiger partial charge in [-0.2, -0.15) is 0 Å². The molecule has 0 fully saturated rings. The third-order valence-corrected chi connectivity index (χ3v) is 4.13. The molecule has 1 aromatic carbocycles. The molecule has 6 heteroatoms. The molecule has 2 heterocycles. The second-order valence-electron chi connectivity index (χ2n) is 5.07. The van der Waals surface area contributed by atoms with Gasteiger partial charge in [0.15, 0.2) is 21.9 Å². The van der Waals surface area contributed by atoms with Gasteiger partial charge >= 0.3 is 0 Å². The van der Waals surface area contributed by atoms with Gasteiger partial charge in [-0.25, -0.2) is 0 Å². The van der Waals surface area contributed by atoms with E-state index in [0.717, 1.165) is 29.8 Å². The number of carbonyl (C=O) groups is 1. The Labute approximate surface area is 142 Å². The monoisotopic (exact) mass is 377 g/mol. The van der Waals surface area contributed by atoms with Crippen molar-refractivity contribution < 1.29 is 18.7 Å². The van der Waals surface area contributed by atoms with Crippen LogP contribution in [0.15, 0.2) is 39.4 Å². The van der Waals surface area contributed by atoms with Crippen molar-refractivity contribution in [2.75, 3.05) is 20.8 Å². The number of benzene rings is 1. The van der Waals surface area contributed by atoms with Crippen LogP contribution in [0.1, 0.15) is 21.7 Å². The van der Waals surface area contributed by atoms with E-state index in [9.17, 15) is 4.79 Å². The summed E-state index contributed by atoms with van der Waals surface area (Å²) in [5, 5.41) is 3.26. The normalized spacial score (nSPS) is 15.0. The number of fused-ring (bicyclic) bond motifs is 1. The third-order valence-electron chi connectivity index (χ3n) is 3.70. The summed E-state index contributed by atoms with van der Waals surface area (Å²) in [6.07, 6.45) is 2.41. The van der Waals surface area contributed by atoms with Gasteiger partial charge in [0.2, 0.25) is 5.78 Å². The summed E-state index contributed by atoms with van der Waals surface area (Å²) < 4.78 is 16.5. The molecular formula is C17H16BrNO4. The van der Waals surface area contributed by atoms with E-state index in [0.29, 0.717) is 21.9 Å². The van der Waals surface area contributed by atoms with Crippen LogP contribution in [0.3, 0.4) is 0 Å². The van der Waals surface area contributed by atoms with E-state index < -0.39 is 0 Å². The number of furan rings is 1. The summed E-state index contributed by atoms with van der Waals surface area (Å²) in [5.74, 6) is 1.42. The standard InChI is InChI=1S/C17H16BrNO4/c1-21-15-7-10-5-6-19-12(11(10)8-16(15)22-2)9-13(20)14-3-4-17(18)23-14/h3-4,7-9,19H,5-6H2,1-2H3. The molecule has 3 rings (SSSR count). The number of hydrogen-bond donors (Lipinski definition) is 1. The second-order valence-corrected chi connectivity index (χ2v) is 5.85. The average molecular weight is 378 g/mol. The zero-order chi connectivity index (χ0) is 16.4. The fraction of sp³-hybridized carbons (Fsp3) is 0.235. The molecule has 1 aliphatic rings. The van der Waals surface area contributed by atoms with Gasteiger partial charge in [-0.05, 0) is 52.2 Å². The summed E-state index contributed by atoms with van der Waals surface area (Å²) in [5.41, 5.74) is 2.80. The largest absolute Gasteiger partial charge is 0.493 e. The maximum atomic E-state index is 12.3. The summed E-state index contributed by atoms with van der Waals surface area (Å²) in [6.45, 7) is 0.753. The smallest absolute Gasteiger partial charge is 0.223 e. The zero-order valence-corrected chi connectivity index (χ0v) is 14.4. The first-order valence-electron chi connectivity index (χ1n) is 7.13. The number of halogens is 1. The van der Waals surface area contributed by atoms with E-state index >= 15 is 0 Å². The second kappa shape index (κ2) is 6.50. The lowest BCUT2D eigenvalue weighted by molar-refractivity contribution is 0.102. The lowest BCUT2D eigenvalue weighted by atomic mass is 9.96. The molecule has 0 bridgehead atoms. The molecule has 2 aromatic rings. The Morgan fingerprint density at radius 2 is 2.00 bits per heavy atom. The minimum Gasteiger partial charge on any atom is -0.493 e. The first-order valence-corrected chi connectivity index (χ1v) is 7.92. The Hall–Kier alpha value is -2.21. The number of nitrogens with one attached hydrogen (secondary N) is 1. The van der Waals surface area contributed by atoms with Crippen LogP contribution in [-0.2, 0) is 6.42 Å². The number of methoxy groups -OCH3 is 2. The van der Waals surface area contributed by atoms with Crippen LogP contribution in [0.5, 0.6) is 11.5 Å². The Kier molecular flexibility index (Phi) is 4.43. The number of hydrogen-bond acceptors (Lipinski definition) is 5. The van der Waals surface area contributed by atoms with Crippen LogP contribution in [0.4, 0.5) is 0 Å². The SMILES string of the molecule is COc1cc2c(cc1OC)C(=CC(=O)c1ccc(Br)o1)NCC2. The molecule has 1 N–H and O–H groups in total. The quantitative estimate of drug-likeness (QED) is 0.653. The van der Waals surface area contributed by atoms with Gasteiger partial charge in [-0.1, -0.05) is 0 Å². The number of rotatable bonds is 4. The maximum absolute atomic E-state index is 12.3. The van der Waals surface area contributed by atoms with Crippen molar-refractivity contribution >= 4 is 27.4 Å². The van der Waals surface area contributed by atoms with Crippen molar-refractivity contribution in [1.29, 1.82) is 0 Å². The minimum absolute atomic E-state index is 0.194. The van der Waals surface area contributed by atoms with Crippen LogP contribution in [0.25, 0.3) is 5.70 Å². The molecule has 1 aliphatic heterocycles. The van der Waals surface area contributed by atoms with Crippen LogP contribution in [0.2, 0.25) is 0 Å². The highest BCUT2D eigenvalue weighted by Crippen LogP contribution is 2.35. The van der Waals surface area contributed by atoms with Crippen LogP contribution >= 0.6 is 15.9 Å². The minimum atomic E-state index is -0.194. The molecule has 0 amide bonds. The van der Waals surface area contributed by atoms with Gasteiger partial charge in [0.1, 0.15) is 0 Å². The molecule has 0 spiro atoms. The van der Waals surface area contributed by atoms with Crippen molar-refractivity contribution in [3.8, 4) is 11.5 Å². The summed E-state index contributed by atoms with van der Waals surface area (Å²) in [6, 6.07) is 7.18. The molecule has 0 saturated carbocycles. The Morgan fingerprint density at radius 3 is 2.65 bits per heavy atom. The highest BCUT2D eigenvalue weighted by Gasteiger charge is 2.19. The van der Waals surface area contributed by atoms with E-state index in [-0.39, 0.29) is 5.78 Å². The molecule has 0 aliphatic carbocycles. The van der Waals surface area contributed by atoms with Crippen molar-refractivity contribution in [2.24, 2.45) is 0 Å². The van der Waals surface area contributed by atoms with Gasteiger partial charge in [-0.15, -0.1) is 0 Å². The molecule has 0 atom stereocenters. The molecule has 1 aromatic heterocycles. The molecule has 23 heavy (non-hydrogen) atoms. The van der Waals surface area contributed by atoms with Crippen LogP contribution in [-0.4, -0.2) is 26.5 Å². The van der Waals surface area contributed by atoms with E-state index in [2.05, 4.69) is 21.2 Å². The first kappa shape index (κ1) is 15.7. The van der Waals surface area contributed by atoms with Crippen molar-refractivity contribution in [3.63, 3.8) is 0 Å². The molecule has 120 valence electrons. The number of ether oxygens (including phenoxy) is 2. The Balaban J connectivity index is 2.00. The fourth-order valence-electron chi connectivity index (χ4n) is 2.58. The highest BCUT2D eigenvalue weighted by atomic mass is 79.9. The maximum Gasteiger partial charge on any atom is 0.223 e. The van der Waals surface area contributed by atoms with Gasteiger partial charge in [0, 0.05) is 23.9 Å². The fourth-order valence-corrected chi connectivity index (χ4v) is 2.89. The van der Waals surface area contributed by atoms with Gasteiger partial charge < -0.3 is 19.2 Å². The topological polar surface area (TPSA) is 60.7 Å². The first-order chi connectivity index (χ1) is 11.1. The molecule has 5 nitrogen and oxygen atoms in total. The van der Waals surface area contributed by atoms with E-state index in [4.69, 9.17) is 13.9 Å². The van der Waals surface area contributed by atoms with Crippen LogP contribution in [0, 0.1) is 0 Å². The van der Waals surface area contributed by atoms with Gasteiger partial charge in [-0.3, -0.25) is 4.79 Å². The number of carbonyl (C=O) groups excluding carboxylic acids is 1. The Bertz CT molecular complexity index is 779. The van der Waals surface area contributed by atoms with Crippen molar-refractivity contribution in [1.82, 2.24) is 5.32 Å². The average Bonchev–Trinajstić information content (AvgIpc) is 3.00. The molecule has 0 radical (unpaired) electrons. The van der Waals surface area contributed by atoms with Crippen LogP contribution < -0.4 is 14.8 Å². The Morgan fingerprint density at radius 1 is 1.26 bits per heavy atom. The van der Waals surface area contributed by atoms with E-state index in [1.165, 1.54) is 0 Å². The van der Waals surface area contributed by atoms with Gasteiger partial charge in [0.25, 0.3) is 0 Å². The predicted octanol–water partition coefficient (Wildman–Crippen LogP) is 3.43. The van der Waals surface area contributed by atoms with Gasteiger partial charge in [0.05, 0.1) is 14.2 Å². The van der Waals surface area contributed by atoms with Crippen molar-refractivity contribution in [2.45, 2.75) is 6.42 Å². The summed E-state index contributed by atoms with van der Waals surface area (Å²) >= 11 is 3.20. The predicted molar refractivity (Wildman–Crippen MR) is 90.0 cm³/mol. The molecular weight excluding hydrogens is 362 g/mol. The van der Waals surface area contributed by atoms with E-state index in [1.807, 2.05) is 12.1 Å². The number of ketones is 1. The molecule has 0 unspecified atom stereocenters. The highest BCUT2D eigenvalue weighted by molar-refractivity contribution is 9.10. The zero-order valence-electron chi connectivity index (χ0n) is 12.8. The van der Waals surface area contributed by atoms with E-state index in [1.54, 1.807) is 32.4 Å². The number of allylic oxidation sites excluding steroid dienone is 1. The lowest BCUT2D eigenvalue weighted by Gasteiger charge is -2.22. The summed E-state index contributed by atoms with van der Waals surface area (Å²) in [4.78, 5) is 12.3. The van der Waals surface area contributed by atoms with Crippen molar-refractivity contribution in [3.05, 3.63) is 51.9 Å². The summed E-state index contributed by atoms with van der Waals surface area (Å²) in [7, 11) is 3.20. The third kappa shape index (κ3) is 3.12. The molecule has 0 saturated heterocycles. The lowest BCUT2D eigenvalue weighted by Crippen LogP contribution is -2.23.